The van der Waals surface area contributed by atoms with Crippen LogP contribution in [0.5, 0.6) is 0 Å². The summed E-state index contributed by atoms with van der Waals surface area (Å²) >= 11 is 0. The third-order valence-electron chi connectivity index (χ3n) is 2.36. The summed E-state index contributed by atoms with van der Waals surface area (Å²) in [5.41, 5.74) is 0.539. The van der Waals surface area contributed by atoms with Gasteiger partial charge >= 0.3 is 0 Å². The molecular weight excluding hydrogens is 208 g/mol. The van der Waals surface area contributed by atoms with Gasteiger partial charge in [-0.3, -0.25) is 0 Å². The molecule has 0 aliphatic carbocycles. The zero-order valence-corrected chi connectivity index (χ0v) is 12.1. The summed E-state index contributed by atoms with van der Waals surface area (Å²) < 4.78 is 5.82. The maximum Gasteiger partial charge on any atom is 0.107 e. The van der Waals surface area contributed by atoms with Gasteiger partial charge in [0, 0.05) is 12.8 Å². The van der Waals surface area contributed by atoms with E-state index in [9.17, 15) is 0 Å². The third-order valence-corrected chi connectivity index (χ3v) is 2.36. The molecule has 0 radical (unpaired) electrons. The lowest BCUT2D eigenvalue weighted by molar-refractivity contribution is 0.355. The van der Waals surface area contributed by atoms with Crippen molar-refractivity contribution in [1.82, 2.24) is 0 Å². The summed E-state index contributed by atoms with van der Waals surface area (Å²) in [7, 11) is 0. The Kier molecular flexibility index (Phi) is 4.24. The summed E-state index contributed by atoms with van der Waals surface area (Å²) in [5.74, 6) is 2.15. The average molecular weight is 234 g/mol. The lowest BCUT2D eigenvalue weighted by Gasteiger charge is -2.15. The van der Waals surface area contributed by atoms with E-state index in [1.54, 1.807) is 0 Å². The molecule has 0 N–H and O–H groups in total. The highest BCUT2D eigenvalue weighted by molar-refractivity contribution is 5.11. The average Bonchev–Trinajstić information content (AvgIpc) is 2.46. The van der Waals surface area contributed by atoms with Crippen LogP contribution in [0, 0.1) is 10.8 Å². The van der Waals surface area contributed by atoms with E-state index in [1.165, 1.54) is 0 Å². The quantitative estimate of drug-likeness (QED) is 0.670. The van der Waals surface area contributed by atoms with Gasteiger partial charge in [0.1, 0.15) is 11.5 Å². The largest absolute Gasteiger partial charge is 0.466 e. The zero-order chi connectivity index (χ0) is 13.1. The first-order chi connectivity index (χ1) is 7.66. The van der Waals surface area contributed by atoms with Crippen molar-refractivity contribution in [2.24, 2.45) is 10.8 Å². The Morgan fingerprint density at radius 1 is 1.00 bits per heavy atom. The molecular formula is C16H26O. The normalized spacial score (nSPS) is 13.5. The van der Waals surface area contributed by atoms with E-state index < -0.39 is 0 Å². The van der Waals surface area contributed by atoms with Crippen LogP contribution in [0.15, 0.2) is 28.7 Å². The second kappa shape index (κ2) is 5.12. The van der Waals surface area contributed by atoms with Crippen molar-refractivity contribution in [3.8, 4) is 0 Å². The summed E-state index contributed by atoms with van der Waals surface area (Å²) in [6.45, 7) is 13.3. The van der Waals surface area contributed by atoms with E-state index in [2.05, 4.69) is 65.8 Å². The smallest absolute Gasteiger partial charge is 0.107 e. The van der Waals surface area contributed by atoms with Gasteiger partial charge in [0.15, 0.2) is 0 Å². The van der Waals surface area contributed by atoms with E-state index in [0.717, 1.165) is 24.4 Å². The lowest BCUT2D eigenvalue weighted by Crippen LogP contribution is -2.08. The molecule has 1 aromatic rings. The molecule has 0 aliphatic heterocycles. The van der Waals surface area contributed by atoms with Gasteiger partial charge in [-0.25, -0.2) is 0 Å². The number of allylic oxidation sites excluding steroid dienone is 2. The van der Waals surface area contributed by atoms with Gasteiger partial charge < -0.3 is 4.42 Å². The van der Waals surface area contributed by atoms with Crippen molar-refractivity contribution in [2.45, 2.75) is 54.4 Å². The summed E-state index contributed by atoms with van der Waals surface area (Å²) in [6.07, 6.45) is 6.32. The second-order valence-electron chi connectivity index (χ2n) is 7.08. The number of furan rings is 1. The molecule has 17 heavy (non-hydrogen) atoms. The Morgan fingerprint density at radius 3 is 2.12 bits per heavy atom. The fourth-order valence-electron chi connectivity index (χ4n) is 1.68. The monoisotopic (exact) mass is 234 g/mol. The number of hydrogen-bond acceptors (Lipinski definition) is 1. The Hall–Kier alpha value is -0.980. The minimum absolute atomic E-state index is 0.251. The van der Waals surface area contributed by atoms with Crippen LogP contribution in [0.1, 0.15) is 53.1 Å². The maximum atomic E-state index is 5.82. The van der Waals surface area contributed by atoms with Gasteiger partial charge in [0.2, 0.25) is 0 Å². The van der Waals surface area contributed by atoms with Crippen LogP contribution < -0.4 is 0 Å². The predicted octanol–water partition coefficient (Wildman–Crippen LogP) is 5.01. The van der Waals surface area contributed by atoms with Gasteiger partial charge in [-0.2, -0.15) is 0 Å². The molecule has 0 saturated carbocycles. The molecule has 1 rings (SSSR count). The molecule has 96 valence electrons. The fraction of sp³-hybridized carbons (Fsp3) is 0.625. The second-order valence-corrected chi connectivity index (χ2v) is 7.08. The summed E-state index contributed by atoms with van der Waals surface area (Å²) in [6, 6.07) is 4.19. The number of hydrogen-bond donors (Lipinski definition) is 0. The van der Waals surface area contributed by atoms with E-state index in [0.29, 0.717) is 0 Å². The van der Waals surface area contributed by atoms with Gasteiger partial charge in [-0.1, -0.05) is 53.7 Å². The van der Waals surface area contributed by atoms with Gasteiger partial charge in [-0.05, 0) is 23.0 Å². The van der Waals surface area contributed by atoms with Crippen molar-refractivity contribution in [1.29, 1.82) is 0 Å². The molecule has 0 bridgehead atoms. The minimum atomic E-state index is 0.251. The highest BCUT2D eigenvalue weighted by Crippen LogP contribution is 2.22. The van der Waals surface area contributed by atoms with Crippen LogP contribution in [0.2, 0.25) is 0 Å². The zero-order valence-electron chi connectivity index (χ0n) is 12.1. The standard InChI is InChI=1S/C16H26O/c1-15(2,3)11-7-8-13-9-10-14(17-13)12-16(4,5)6/h7,9-11H,8,12H2,1-6H3/b11-7+. The maximum absolute atomic E-state index is 5.82. The molecule has 1 nitrogen and oxygen atoms in total. The first-order valence-corrected chi connectivity index (χ1v) is 6.41. The molecule has 1 heteroatoms. The van der Waals surface area contributed by atoms with Crippen molar-refractivity contribution >= 4 is 0 Å². The van der Waals surface area contributed by atoms with Crippen LogP contribution in [0.25, 0.3) is 0 Å². The van der Waals surface area contributed by atoms with Crippen molar-refractivity contribution in [2.75, 3.05) is 0 Å². The predicted molar refractivity (Wildman–Crippen MR) is 74.2 cm³/mol. The van der Waals surface area contributed by atoms with Gasteiger partial charge in [0.05, 0.1) is 0 Å². The molecule has 0 amide bonds. The molecule has 1 aromatic heterocycles. The van der Waals surface area contributed by atoms with Gasteiger partial charge in [0.25, 0.3) is 0 Å². The first kappa shape index (κ1) is 14.1. The van der Waals surface area contributed by atoms with E-state index >= 15 is 0 Å². The fourth-order valence-corrected chi connectivity index (χ4v) is 1.68. The summed E-state index contributed by atoms with van der Waals surface area (Å²) in [4.78, 5) is 0. The minimum Gasteiger partial charge on any atom is -0.466 e. The molecule has 1 heterocycles. The molecule has 0 spiro atoms. The first-order valence-electron chi connectivity index (χ1n) is 6.41. The van der Waals surface area contributed by atoms with Crippen LogP contribution in [-0.4, -0.2) is 0 Å². The molecule has 0 fully saturated rings. The summed E-state index contributed by atoms with van der Waals surface area (Å²) in [5, 5.41) is 0. The highest BCUT2D eigenvalue weighted by atomic mass is 16.3. The Labute approximate surface area is 106 Å². The Bertz CT molecular complexity index is 369. The van der Waals surface area contributed by atoms with E-state index in [1.807, 2.05) is 0 Å². The molecule has 0 aliphatic rings. The van der Waals surface area contributed by atoms with E-state index in [4.69, 9.17) is 4.42 Å². The molecule has 0 aromatic carbocycles. The van der Waals surface area contributed by atoms with E-state index in [-0.39, 0.29) is 10.8 Å². The molecule has 0 saturated heterocycles. The Balaban J connectivity index is 2.55. The lowest BCUT2D eigenvalue weighted by atomic mass is 9.91. The van der Waals surface area contributed by atoms with Gasteiger partial charge in [-0.15, -0.1) is 0 Å². The highest BCUT2D eigenvalue weighted by Gasteiger charge is 2.13. The van der Waals surface area contributed by atoms with Crippen LogP contribution in [-0.2, 0) is 12.8 Å². The van der Waals surface area contributed by atoms with Crippen molar-refractivity contribution in [3.05, 3.63) is 35.8 Å². The van der Waals surface area contributed by atoms with Crippen LogP contribution in [0.4, 0.5) is 0 Å². The number of rotatable bonds is 3. The van der Waals surface area contributed by atoms with Crippen molar-refractivity contribution < 1.29 is 4.42 Å². The Morgan fingerprint density at radius 2 is 1.59 bits per heavy atom. The van der Waals surface area contributed by atoms with Crippen LogP contribution in [0.3, 0.4) is 0 Å². The topological polar surface area (TPSA) is 13.1 Å². The van der Waals surface area contributed by atoms with Crippen LogP contribution >= 0.6 is 0 Å². The molecule has 0 atom stereocenters. The third kappa shape index (κ3) is 6.35. The van der Waals surface area contributed by atoms with Crippen molar-refractivity contribution in [3.63, 3.8) is 0 Å². The molecule has 0 unspecified atom stereocenters. The SMILES string of the molecule is CC(C)(C)/C=C/Cc1ccc(CC(C)(C)C)o1.